The predicted octanol–water partition coefficient (Wildman–Crippen LogP) is 4.21. The fourth-order valence-electron chi connectivity index (χ4n) is 3.71. The molecule has 0 aromatic heterocycles. The van der Waals surface area contributed by atoms with Crippen molar-refractivity contribution < 1.29 is 23.8 Å². The normalized spacial score (nSPS) is 12.9. The first-order valence-corrected chi connectivity index (χ1v) is 10.7. The minimum atomic E-state index is -0.373. The summed E-state index contributed by atoms with van der Waals surface area (Å²) < 4.78 is 15.8. The second kappa shape index (κ2) is 10.1. The molecule has 0 bridgehead atoms. The van der Waals surface area contributed by atoms with Crippen LogP contribution in [0.3, 0.4) is 0 Å². The molecule has 1 heterocycles. The maximum absolute atomic E-state index is 13.3. The molecule has 0 saturated heterocycles. The lowest BCUT2D eigenvalue weighted by atomic mass is 10.1. The number of aliphatic imine (C=N–C) groups is 1. The zero-order chi connectivity index (χ0) is 24.1. The number of carbonyl (C=O) groups is 2. The molecule has 0 spiro atoms. The Hall–Kier alpha value is -4.33. The Morgan fingerprint density at radius 2 is 1.65 bits per heavy atom. The average molecular weight is 460 g/mol. The molecule has 4 rings (SSSR count). The van der Waals surface area contributed by atoms with Crippen molar-refractivity contribution in [1.82, 2.24) is 0 Å². The van der Waals surface area contributed by atoms with Gasteiger partial charge in [-0.15, -0.1) is 0 Å². The van der Waals surface area contributed by atoms with E-state index in [2.05, 4.69) is 5.32 Å². The van der Waals surface area contributed by atoms with E-state index in [0.717, 1.165) is 11.3 Å². The van der Waals surface area contributed by atoms with Gasteiger partial charge in [0.25, 0.3) is 0 Å². The third-order valence-electron chi connectivity index (χ3n) is 5.45. The van der Waals surface area contributed by atoms with Gasteiger partial charge < -0.3 is 24.4 Å². The first-order valence-electron chi connectivity index (χ1n) is 10.7. The van der Waals surface area contributed by atoms with Gasteiger partial charge in [-0.3, -0.25) is 14.6 Å². The van der Waals surface area contributed by atoms with Crippen LogP contribution < -0.4 is 24.4 Å². The molecular formula is C26H25N3O5. The highest BCUT2D eigenvalue weighted by Crippen LogP contribution is 2.33. The van der Waals surface area contributed by atoms with E-state index in [-0.39, 0.29) is 24.8 Å². The Morgan fingerprint density at radius 3 is 2.35 bits per heavy atom. The van der Waals surface area contributed by atoms with Crippen molar-refractivity contribution in [3.63, 3.8) is 0 Å². The molecule has 174 valence electrons. The summed E-state index contributed by atoms with van der Waals surface area (Å²) in [4.78, 5) is 32.5. The molecule has 0 saturated carbocycles. The number of hydrogen-bond donors (Lipinski definition) is 1. The van der Waals surface area contributed by atoms with E-state index in [1.807, 2.05) is 42.5 Å². The summed E-state index contributed by atoms with van der Waals surface area (Å²) in [6, 6.07) is 19.8. The average Bonchev–Trinajstić information content (AvgIpc) is 3.00. The van der Waals surface area contributed by atoms with Crippen molar-refractivity contribution >= 4 is 34.6 Å². The molecule has 0 unspecified atom stereocenters. The van der Waals surface area contributed by atoms with Crippen LogP contribution in [-0.4, -0.2) is 45.4 Å². The SMILES string of the molecule is COc1ccc(C2=Nc3ccccc3N(CC(=O)Nc3cc(OC)ccc3OC)C(=O)C2)cc1. The van der Waals surface area contributed by atoms with Gasteiger partial charge in [0.05, 0.1) is 50.5 Å². The minimum Gasteiger partial charge on any atom is -0.497 e. The van der Waals surface area contributed by atoms with Crippen molar-refractivity contribution in [1.29, 1.82) is 0 Å². The number of para-hydroxylation sites is 2. The number of nitrogens with one attached hydrogen (secondary N) is 1. The number of nitrogens with zero attached hydrogens (tertiary/aromatic N) is 2. The molecule has 8 heteroatoms. The zero-order valence-corrected chi connectivity index (χ0v) is 19.2. The number of hydrogen-bond acceptors (Lipinski definition) is 6. The molecule has 34 heavy (non-hydrogen) atoms. The van der Waals surface area contributed by atoms with Gasteiger partial charge >= 0.3 is 0 Å². The maximum atomic E-state index is 13.3. The Balaban J connectivity index is 1.59. The summed E-state index contributed by atoms with van der Waals surface area (Å²) in [7, 11) is 4.66. The van der Waals surface area contributed by atoms with Gasteiger partial charge in [-0.2, -0.15) is 0 Å². The summed E-state index contributed by atoms with van der Waals surface area (Å²) in [6.07, 6.45) is 0.0524. The number of anilines is 2. The van der Waals surface area contributed by atoms with Crippen LogP contribution in [0, 0.1) is 0 Å². The van der Waals surface area contributed by atoms with E-state index < -0.39 is 0 Å². The lowest BCUT2D eigenvalue weighted by molar-refractivity contribution is -0.120. The number of amides is 2. The van der Waals surface area contributed by atoms with Crippen molar-refractivity contribution in [2.45, 2.75) is 6.42 Å². The second-order valence-corrected chi connectivity index (χ2v) is 7.55. The monoisotopic (exact) mass is 459 g/mol. The number of methoxy groups -OCH3 is 3. The molecular weight excluding hydrogens is 434 g/mol. The number of carbonyl (C=O) groups excluding carboxylic acids is 2. The van der Waals surface area contributed by atoms with Gasteiger partial charge in [-0.25, -0.2) is 0 Å². The summed E-state index contributed by atoms with van der Waals surface area (Å²) in [5.74, 6) is 1.18. The van der Waals surface area contributed by atoms with Crippen LogP contribution >= 0.6 is 0 Å². The highest BCUT2D eigenvalue weighted by molar-refractivity contribution is 6.19. The number of rotatable bonds is 7. The molecule has 3 aromatic carbocycles. The van der Waals surface area contributed by atoms with Gasteiger partial charge in [0.2, 0.25) is 11.8 Å². The van der Waals surface area contributed by atoms with Gasteiger partial charge in [-0.05, 0) is 54.1 Å². The van der Waals surface area contributed by atoms with E-state index in [1.54, 1.807) is 38.5 Å². The Morgan fingerprint density at radius 1 is 0.941 bits per heavy atom. The van der Waals surface area contributed by atoms with E-state index >= 15 is 0 Å². The molecule has 1 aliphatic heterocycles. The molecule has 0 fully saturated rings. The van der Waals surface area contributed by atoms with E-state index in [0.29, 0.717) is 34.3 Å². The summed E-state index contributed by atoms with van der Waals surface area (Å²) in [5.41, 5.74) is 3.08. The van der Waals surface area contributed by atoms with Gasteiger partial charge in [0, 0.05) is 6.07 Å². The molecule has 0 atom stereocenters. The van der Waals surface area contributed by atoms with Crippen LogP contribution in [0.1, 0.15) is 12.0 Å². The molecule has 3 aromatic rings. The van der Waals surface area contributed by atoms with Crippen molar-refractivity contribution in [3.05, 3.63) is 72.3 Å². The van der Waals surface area contributed by atoms with E-state index in [4.69, 9.17) is 19.2 Å². The first kappa shape index (κ1) is 22.8. The zero-order valence-electron chi connectivity index (χ0n) is 19.2. The lowest BCUT2D eigenvalue weighted by Gasteiger charge is -2.22. The van der Waals surface area contributed by atoms with Gasteiger partial charge in [-0.1, -0.05) is 12.1 Å². The molecule has 8 nitrogen and oxygen atoms in total. The van der Waals surface area contributed by atoms with Crippen LogP contribution in [0.15, 0.2) is 71.7 Å². The minimum absolute atomic E-state index is 0.0524. The molecule has 0 aliphatic carbocycles. The Bertz CT molecular complexity index is 1240. The molecule has 1 aliphatic rings. The Labute approximate surface area is 197 Å². The van der Waals surface area contributed by atoms with Gasteiger partial charge in [0.15, 0.2) is 0 Å². The van der Waals surface area contributed by atoms with Crippen molar-refractivity contribution in [2.24, 2.45) is 4.99 Å². The molecule has 1 N–H and O–H groups in total. The van der Waals surface area contributed by atoms with Crippen molar-refractivity contribution in [2.75, 3.05) is 38.1 Å². The van der Waals surface area contributed by atoms with Crippen LogP contribution in [-0.2, 0) is 9.59 Å². The smallest absolute Gasteiger partial charge is 0.244 e. The maximum Gasteiger partial charge on any atom is 0.244 e. The first-order chi connectivity index (χ1) is 16.5. The topological polar surface area (TPSA) is 89.5 Å². The summed E-state index contributed by atoms with van der Waals surface area (Å²) >= 11 is 0. The number of ether oxygens (including phenoxy) is 3. The van der Waals surface area contributed by atoms with Crippen LogP contribution in [0.25, 0.3) is 0 Å². The summed E-state index contributed by atoms with van der Waals surface area (Å²) in [6.45, 7) is -0.179. The number of benzene rings is 3. The van der Waals surface area contributed by atoms with Crippen LogP contribution in [0.5, 0.6) is 17.2 Å². The second-order valence-electron chi connectivity index (χ2n) is 7.55. The van der Waals surface area contributed by atoms with E-state index in [9.17, 15) is 9.59 Å². The fourth-order valence-corrected chi connectivity index (χ4v) is 3.71. The molecule has 0 radical (unpaired) electrons. The third-order valence-corrected chi connectivity index (χ3v) is 5.45. The highest BCUT2D eigenvalue weighted by atomic mass is 16.5. The van der Waals surface area contributed by atoms with Crippen LogP contribution in [0.2, 0.25) is 0 Å². The quantitative estimate of drug-likeness (QED) is 0.572. The number of fused-ring (bicyclic) bond motifs is 1. The predicted molar refractivity (Wildman–Crippen MR) is 131 cm³/mol. The lowest BCUT2D eigenvalue weighted by Crippen LogP contribution is -2.38. The largest absolute Gasteiger partial charge is 0.497 e. The highest BCUT2D eigenvalue weighted by Gasteiger charge is 2.27. The van der Waals surface area contributed by atoms with Crippen LogP contribution in [0.4, 0.5) is 17.1 Å². The van der Waals surface area contributed by atoms with Crippen molar-refractivity contribution in [3.8, 4) is 17.2 Å². The van der Waals surface area contributed by atoms with E-state index in [1.165, 1.54) is 12.0 Å². The van der Waals surface area contributed by atoms with Gasteiger partial charge in [0.1, 0.15) is 23.8 Å². The fraction of sp³-hybridized carbons (Fsp3) is 0.192. The third kappa shape index (κ3) is 4.85. The molecule has 2 amide bonds. The summed E-state index contributed by atoms with van der Waals surface area (Å²) in [5, 5.41) is 2.82. The standard InChI is InChI=1S/C26H25N3O5/c1-32-18-10-8-17(9-11-18)21-15-26(31)29(23-7-5-4-6-20(23)27-21)16-25(30)28-22-14-19(33-2)12-13-24(22)34-3/h4-14H,15-16H2,1-3H3,(H,28,30). The Kier molecular flexibility index (Phi) is 6.77.